The van der Waals surface area contributed by atoms with Gasteiger partial charge in [-0.2, -0.15) is 0 Å². The Hall–Kier alpha value is -0.940. The van der Waals surface area contributed by atoms with E-state index in [1.807, 2.05) is 23.8 Å². The van der Waals surface area contributed by atoms with Crippen LogP contribution in [0.1, 0.15) is 5.69 Å². The number of hydrogen-bond acceptors (Lipinski definition) is 3. The van der Waals surface area contributed by atoms with E-state index in [4.69, 9.17) is 0 Å². The number of aromatic nitrogens is 3. The van der Waals surface area contributed by atoms with E-state index in [1.54, 1.807) is 6.20 Å². The number of nitrogens with zero attached hydrogens (tertiary/aromatic N) is 3. The minimum Gasteiger partial charge on any atom is -0.314 e. The third-order valence-corrected chi connectivity index (χ3v) is 2.18. The summed E-state index contributed by atoms with van der Waals surface area (Å²) < 4.78 is 2.91. The van der Waals surface area contributed by atoms with Crippen molar-refractivity contribution >= 4 is 21.7 Å². The first kappa shape index (κ1) is 8.65. The molecule has 0 radical (unpaired) electrons. The number of imidazole rings is 1. The van der Waals surface area contributed by atoms with Crippen LogP contribution in [-0.4, -0.2) is 21.4 Å². The second-order valence-corrected chi connectivity index (χ2v) is 3.64. The normalized spacial score (nSPS) is 10.9. The molecule has 0 atom stereocenters. The van der Waals surface area contributed by atoms with Gasteiger partial charge in [-0.3, -0.25) is 4.40 Å². The molecule has 0 aliphatic heterocycles. The van der Waals surface area contributed by atoms with Crippen molar-refractivity contribution in [3.8, 4) is 0 Å². The van der Waals surface area contributed by atoms with E-state index >= 15 is 0 Å². The summed E-state index contributed by atoms with van der Waals surface area (Å²) in [4.78, 5) is 8.33. The highest BCUT2D eigenvalue weighted by molar-refractivity contribution is 9.10. The van der Waals surface area contributed by atoms with Gasteiger partial charge in [0.05, 0.1) is 16.4 Å². The van der Waals surface area contributed by atoms with Crippen LogP contribution in [-0.2, 0) is 6.54 Å². The number of nitrogens with one attached hydrogen (secondary N) is 1. The molecule has 13 heavy (non-hydrogen) atoms. The Bertz CT molecular complexity index is 423. The van der Waals surface area contributed by atoms with Crippen molar-refractivity contribution in [2.24, 2.45) is 0 Å². The molecule has 5 heteroatoms. The lowest BCUT2D eigenvalue weighted by molar-refractivity contribution is 0.780. The van der Waals surface area contributed by atoms with Gasteiger partial charge < -0.3 is 5.32 Å². The smallest absolute Gasteiger partial charge is 0.233 e. The first-order valence-corrected chi connectivity index (χ1v) is 4.72. The Labute approximate surface area is 84.1 Å². The largest absolute Gasteiger partial charge is 0.314 e. The van der Waals surface area contributed by atoms with Crippen molar-refractivity contribution in [3.63, 3.8) is 0 Å². The van der Waals surface area contributed by atoms with Gasteiger partial charge in [0, 0.05) is 18.9 Å². The summed E-state index contributed by atoms with van der Waals surface area (Å²) in [6, 6.07) is 0. The molecule has 0 spiro atoms. The van der Waals surface area contributed by atoms with Gasteiger partial charge in [0.2, 0.25) is 5.78 Å². The van der Waals surface area contributed by atoms with Gasteiger partial charge in [-0.05, 0) is 23.0 Å². The fourth-order valence-corrected chi connectivity index (χ4v) is 1.52. The van der Waals surface area contributed by atoms with Gasteiger partial charge in [0.15, 0.2) is 0 Å². The maximum atomic E-state index is 4.17. The van der Waals surface area contributed by atoms with E-state index in [9.17, 15) is 0 Å². The molecule has 0 amide bonds. The molecule has 68 valence electrons. The predicted octanol–water partition coefficient (Wildman–Crippen LogP) is 1.21. The van der Waals surface area contributed by atoms with Crippen LogP contribution in [0.5, 0.6) is 0 Å². The molecule has 4 nitrogen and oxygen atoms in total. The third-order valence-electron chi connectivity index (χ3n) is 1.77. The summed E-state index contributed by atoms with van der Waals surface area (Å²) in [7, 11) is 1.91. The second-order valence-electron chi connectivity index (χ2n) is 2.72. The lowest BCUT2D eigenvalue weighted by Crippen LogP contribution is -2.07. The molecule has 0 aromatic carbocycles. The molecule has 0 unspecified atom stereocenters. The van der Waals surface area contributed by atoms with Crippen LogP contribution in [0, 0.1) is 0 Å². The number of rotatable bonds is 2. The minimum absolute atomic E-state index is 0.730. The number of hydrogen-bond donors (Lipinski definition) is 1. The maximum absolute atomic E-state index is 4.17. The number of halogens is 1. The average molecular weight is 241 g/mol. The molecule has 2 heterocycles. The van der Waals surface area contributed by atoms with Crippen LogP contribution in [0.4, 0.5) is 0 Å². The van der Waals surface area contributed by atoms with Gasteiger partial charge in [-0.15, -0.1) is 0 Å². The van der Waals surface area contributed by atoms with Crippen LogP contribution in [0.2, 0.25) is 0 Å². The van der Waals surface area contributed by atoms with E-state index in [0.29, 0.717) is 0 Å². The third kappa shape index (κ3) is 1.57. The topological polar surface area (TPSA) is 42.2 Å². The molecule has 0 bridgehead atoms. The van der Waals surface area contributed by atoms with Crippen molar-refractivity contribution < 1.29 is 0 Å². The molecule has 0 aliphatic rings. The molecule has 2 aromatic rings. The monoisotopic (exact) mass is 240 g/mol. The quantitative estimate of drug-likeness (QED) is 0.859. The Morgan fingerprint density at radius 3 is 3.00 bits per heavy atom. The second kappa shape index (κ2) is 3.43. The van der Waals surface area contributed by atoms with Crippen LogP contribution in [0.25, 0.3) is 5.78 Å². The number of fused-ring (bicyclic) bond motifs is 1. The zero-order chi connectivity index (χ0) is 9.26. The minimum atomic E-state index is 0.730. The Balaban J connectivity index is 2.58. The van der Waals surface area contributed by atoms with Crippen molar-refractivity contribution in [3.05, 3.63) is 28.8 Å². The maximum Gasteiger partial charge on any atom is 0.233 e. The highest BCUT2D eigenvalue weighted by atomic mass is 79.9. The van der Waals surface area contributed by atoms with Gasteiger partial charge in [0.25, 0.3) is 0 Å². The predicted molar refractivity (Wildman–Crippen MR) is 53.5 cm³/mol. The molecule has 0 saturated carbocycles. The van der Waals surface area contributed by atoms with E-state index in [1.165, 1.54) is 0 Å². The summed E-state index contributed by atoms with van der Waals surface area (Å²) in [6.07, 6.45) is 5.53. The van der Waals surface area contributed by atoms with Gasteiger partial charge in [-0.1, -0.05) is 0 Å². The molecule has 2 aromatic heterocycles. The van der Waals surface area contributed by atoms with E-state index < -0.39 is 0 Å². The fourth-order valence-electron chi connectivity index (χ4n) is 1.21. The van der Waals surface area contributed by atoms with Crippen LogP contribution in [0.15, 0.2) is 23.1 Å². The Morgan fingerprint density at radius 2 is 2.23 bits per heavy atom. The molecular formula is C8H9BrN4. The standard InChI is InChI=1S/C8H9BrN4/c1-10-3-7-4-12-8-11-2-6(9)5-13(7)8/h2,4-5,10H,3H2,1H3. The van der Waals surface area contributed by atoms with Crippen molar-refractivity contribution in [2.75, 3.05) is 7.05 Å². The zero-order valence-corrected chi connectivity index (χ0v) is 8.74. The Morgan fingerprint density at radius 1 is 1.46 bits per heavy atom. The van der Waals surface area contributed by atoms with Gasteiger partial charge in [-0.25, -0.2) is 9.97 Å². The summed E-state index contributed by atoms with van der Waals surface area (Å²) in [5, 5.41) is 3.08. The Kier molecular flexibility index (Phi) is 2.28. The lowest BCUT2D eigenvalue weighted by Gasteiger charge is -1.99. The molecule has 1 N–H and O–H groups in total. The summed E-state index contributed by atoms with van der Waals surface area (Å²) in [5.74, 6) is 0.730. The molecule has 2 rings (SSSR count). The first-order valence-electron chi connectivity index (χ1n) is 3.93. The lowest BCUT2D eigenvalue weighted by atomic mass is 10.4. The van der Waals surface area contributed by atoms with Crippen molar-refractivity contribution in [1.82, 2.24) is 19.7 Å². The van der Waals surface area contributed by atoms with Crippen LogP contribution >= 0.6 is 15.9 Å². The highest BCUT2D eigenvalue weighted by Gasteiger charge is 2.02. The van der Waals surface area contributed by atoms with Crippen molar-refractivity contribution in [2.45, 2.75) is 6.54 Å². The van der Waals surface area contributed by atoms with E-state index in [0.717, 1.165) is 22.5 Å². The summed E-state index contributed by atoms with van der Waals surface area (Å²) in [6.45, 7) is 0.791. The van der Waals surface area contributed by atoms with Crippen LogP contribution in [0.3, 0.4) is 0 Å². The van der Waals surface area contributed by atoms with E-state index in [-0.39, 0.29) is 0 Å². The SMILES string of the molecule is CNCc1cnc2ncc(Br)cn12. The van der Waals surface area contributed by atoms with Gasteiger partial charge >= 0.3 is 0 Å². The highest BCUT2D eigenvalue weighted by Crippen LogP contribution is 2.10. The van der Waals surface area contributed by atoms with E-state index in [2.05, 4.69) is 31.2 Å². The first-order chi connectivity index (χ1) is 6.31. The molecule has 0 fully saturated rings. The van der Waals surface area contributed by atoms with Crippen LogP contribution < -0.4 is 5.32 Å². The fraction of sp³-hybridized carbons (Fsp3) is 0.250. The summed E-state index contributed by atoms with van der Waals surface area (Å²) >= 11 is 3.37. The van der Waals surface area contributed by atoms with Gasteiger partial charge in [0.1, 0.15) is 0 Å². The zero-order valence-electron chi connectivity index (χ0n) is 7.16. The average Bonchev–Trinajstić information content (AvgIpc) is 2.49. The van der Waals surface area contributed by atoms with Crippen molar-refractivity contribution in [1.29, 1.82) is 0 Å². The summed E-state index contributed by atoms with van der Waals surface area (Å²) in [5.41, 5.74) is 1.10. The molecule has 0 aliphatic carbocycles. The molecular weight excluding hydrogens is 232 g/mol. The molecule has 0 saturated heterocycles.